The molecular weight excluding hydrogens is 232 g/mol. The fraction of sp³-hybridized carbons (Fsp3) is 0.647. The summed E-state index contributed by atoms with van der Waals surface area (Å²) in [6.07, 6.45) is 7.50. The second kappa shape index (κ2) is 6.42. The summed E-state index contributed by atoms with van der Waals surface area (Å²) in [6.45, 7) is 4.37. The van der Waals surface area contributed by atoms with E-state index in [1.165, 1.54) is 42.5 Å². The lowest BCUT2D eigenvalue weighted by Crippen LogP contribution is -2.29. The van der Waals surface area contributed by atoms with E-state index in [9.17, 15) is 0 Å². The largest absolute Gasteiger partial charge is 0.372 e. The van der Waals surface area contributed by atoms with Crippen LogP contribution in [0, 0.1) is 6.92 Å². The Kier molecular flexibility index (Phi) is 4.87. The lowest BCUT2D eigenvalue weighted by atomic mass is 9.99. The van der Waals surface area contributed by atoms with Crippen molar-refractivity contribution in [3.63, 3.8) is 0 Å². The number of nitrogens with two attached hydrogens (primary N) is 1. The minimum Gasteiger partial charge on any atom is -0.372 e. The smallest absolute Gasteiger partial charge is 0.0368 e. The summed E-state index contributed by atoms with van der Waals surface area (Å²) < 4.78 is 0. The van der Waals surface area contributed by atoms with Gasteiger partial charge in [0.15, 0.2) is 0 Å². The van der Waals surface area contributed by atoms with E-state index in [1.807, 2.05) is 0 Å². The van der Waals surface area contributed by atoms with Crippen LogP contribution < -0.4 is 10.6 Å². The van der Waals surface area contributed by atoms with E-state index in [0.29, 0.717) is 0 Å². The van der Waals surface area contributed by atoms with Crippen LogP contribution >= 0.6 is 0 Å². The average molecular weight is 260 g/mol. The Balaban J connectivity index is 2.09. The first kappa shape index (κ1) is 14.4. The molecule has 1 aromatic carbocycles. The van der Waals surface area contributed by atoms with Crippen molar-refractivity contribution in [1.29, 1.82) is 0 Å². The van der Waals surface area contributed by atoms with Crippen LogP contribution in [0.4, 0.5) is 5.69 Å². The van der Waals surface area contributed by atoms with E-state index in [0.717, 1.165) is 18.9 Å². The van der Waals surface area contributed by atoms with Crippen molar-refractivity contribution in [2.75, 3.05) is 11.9 Å². The second-order valence-electron chi connectivity index (χ2n) is 6.03. The molecule has 0 heterocycles. The predicted octanol–water partition coefficient (Wildman–Crippen LogP) is 3.65. The summed E-state index contributed by atoms with van der Waals surface area (Å²) in [7, 11) is 2.24. The molecule has 0 bridgehead atoms. The third-order valence-electron chi connectivity index (χ3n) is 4.61. The third-order valence-corrected chi connectivity index (χ3v) is 4.61. The molecule has 106 valence electrons. The van der Waals surface area contributed by atoms with Gasteiger partial charge in [0.25, 0.3) is 0 Å². The molecule has 0 aromatic heterocycles. The summed E-state index contributed by atoms with van der Waals surface area (Å²) in [5.41, 5.74) is 10.2. The van der Waals surface area contributed by atoms with Gasteiger partial charge < -0.3 is 10.6 Å². The van der Waals surface area contributed by atoms with Gasteiger partial charge in [0.2, 0.25) is 0 Å². The van der Waals surface area contributed by atoms with E-state index >= 15 is 0 Å². The van der Waals surface area contributed by atoms with Crippen LogP contribution in [0.25, 0.3) is 0 Å². The number of rotatable bonds is 5. The molecule has 2 nitrogen and oxygen atoms in total. The SMILES string of the molecule is CCC(N)Cc1ccc(N(C)C2CCCC2)cc1C. The van der Waals surface area contributed by atoms with Crippen molar-refractivity contribution >= 4 is 5.69 Å². The van der Waals surface area contributed by atoms with E-state index in [4.69, 9.17) is 5.73 Å². The summed E-state index contributed by atoms with van der Waals surface area (Å²) in [5, 5.41) is 0. The molecule has 2 rings (SSSR count). The first-order valence-corrected chi connectivity index (χ1v) is 7.69. The molecule has 1 saturated carbocycles. The van der Waals surface area contributed by atoms with Crippen LogP contribution in [0.2, 0.25) is 0 Å². The van der Waals surface area contributed by atoms with Crippen LogP contribution in [-0.4, -0.2) is 19.1 Å². The molecule has 1 aromatic rings. The topological polar surface area (TPSA) is 29.3 Å². The molecule has 0 saturated heterocycles. The number of hydrogen-bond acceptors (Lipinski definition) is 2. The molecule has 0 aliphatic heterocycles. The van der Waals surface area contributed by atoms with Gasteiger partial charge in [-0.1, -0.05) is 25.8 Å². The fourth-order valence-electron chi connectivity index (χ4n) is 3.06. The van der Waals surface area contributed by atoms with Gasteiger partial charge >= 0.3 is 0 Å². The first-order chi connectivity index (χ1) is 9.11. The molecule has 1 aliphatic carbocycles. The Hall–Kier alpha value is -1.02. The van der Waals surface area contributed by atoms with Gasteiger partial charge in [-0.05, 0) is 55.9 Å². The fourth-order valence-corrected chi connectivity index (χ4v) is 3.06. The molecule has 1 aliphatic rings. The van der Waals surface area contributed by atoms with Crippen LogP contribution in [-0.2, 0) is 6.42 Å². The van der Waals surface area contributed by atoms with Crippen molar-refractivity contribution in [2.45, 2.75) is 64.5 Å². The van der Waals surface area contributed by atoms with Crippen LogP contribution in [0.3, 0.4) is 0 Å². The Morgan fingerprint density at radius 3 is 2.58 bits per heavy atom. The zero-order valence-electron chi connectivity index (χ0n) is 12.7. The number of anilines is 1. The number of aryl methyl sites for hydroxylation is 1. The van der Waals surface area contributed by atoms with E-state index in [1.54, 1.807) is 0 Å². The van der Waals surface area contributed by atoms with Crippen molar-refractivity contribution in [3.8, 4) is 0 Å². The molecule has 1 fully saturated rings. The van der Waals surface area contributed by atoms with Crippen molar-refractivity contribution in [3.05, 3.63) is 29.3 Å². The van der Waals surface area contributed by atoms with Gasteiger partial charge in [-0.25, -0.2) is 0 Å². The van der Waals surface area contributed by atoms with Crippen molar-refractivity contribution in [1.82, 2.24) is 0 Å². The maximum atomic E-state index is 6.06. The van der Waals surface area contributed by atoms with E-state index in [2.05, 4.69) is 44.0 Å². The zero-order valence-corrected chi connectivity index (χ0v) is 12.7. The molecule has 0 radical (unpaired) electrons. The maximum Gasteiger partial charge on any atom is 0.0368 e. The second-order valence-corrected chi connectivity index (χ2v) is 6.03. The lowest BCUT2D eigenvalue weighted by Gasteiger charge is -2.27. The quantitative estimate of drug-likeness (QED) is 0.875. The van der Waals surface area contributed by atoms with E-state index < -0.39 is 0 Å². The monoisotopic (exact) mass is 260 g/mol. The highest BCUT2D eigenvalue weighted by Gasteiger charge is 2.20. The predicted molar refractivity (Wildman–Crippen MR) is 83.8 cm³/mol. The first-order valence-electron chi connectivity index (χ1n) is 7.69. The van der Waals surface area contributed by atoms with Gasteiger partial charge in [-0.3, -0.25) is 0 Å². The zero-order chi connectivity index (χ0) is 13.8. The molecular formula is C17H28N2. The summed E-state index contributed by atoms with van der Waals surface area (Å²) in [6, 6.07) is 7.89. The van der Waals surface area contributed by atoms with Crippen molar-refractivity contribution in [2.24, 2.45) is 5.73 Å². The molecule has 1 unspecified atom stereocenters. The normalized spacial score (nSPS) is 17.7. The Labute approximate surface area is 118 Å². The molecule has 19 heavy (non-hydrogen) atoms. The van der Waals surface area contributed by atoms with Gasteiger partial charge in [0, 0.05) is 24.8 Å². The summed E-state index contributed by atoms with van der Waals surface area (Å²) >= 11 is 0. The van der Waals surface area contributed by atoms with Crippen molar-refractivity contribution < 1.29 is 0 Å². The van der Waals surface area contributed by atoms with Crippen LogP contribution in [0.15, 0.2) is 18.2 Å². The third kappa shape index (κ3) is 3.50. The summed E-state index contributed by atoms with van der Waals surface area (Å²) in [5.74, 6) is 0. The maximum absolute atomic E-state index is 6.06. The van der Waals surface area contributed by atoms with Crippen LogP contribution in [0.5, 0.6) is 0 Å². The Morgan fingerprint density at radius 2 is 2.00 bits per heavy atom. The minimum atomic E-state index is 0.289. The van der Waals surface area contributed by atoms with Gasteiger partial charge in [0.05, 0.1) is 0 Å². The standard InChI is InChI=1S/C17H28N2/c1-4-15(18)12-14-9-10-17(11-13(14)2)19(3)16-7-5-6-8-16/h9-11,15-16H,4-8,12,18H2,1-3H3. The molecule has 0 amide bonds. The number of nitrogens with zero attached hydrogens (tertiary/aromatic N) is 1. The average Bonchev–Trinajstić information content (AvgIpc) is 2.94. The number of hydrogen-bond donors (Lipinski definition) is 1. The highest BCUT2D eigenvalue weighted by Crippen LogP contribution is 2.28. The van der Waals surface area contributed by atoms with Gasteiger partial charge in [-0.2, -0.15) is 0 Å². The van der Waals surface area contributed by atoms with Gasteiger partial charge in [-0.15, -0.1) is 0 Å². The highest BCUT2D eigenvalue weighted by molar-refractivity contribution is 5.51. The van der Waals surface area contributed by atoms with E-state index in [-0.39, 0.29) is 6.04 Å². The van der Waals surface area contributed by atoms with Crippen LogP contribution in [0.1, 0.15) is 50.2 Å². The number of benzene rings is 1. The summed E-state index contributed by atoms with van der Waals surface area (Å²) in [4.78, 5) is 2.46. The molecule has 0 spiro atoms. The molecule has 1 atom stereocenters. The Bertz CT molecular complexity index is 408. The Morgan fingerprint density at radius 1 is 1.32 bits per heavy atom. The molecule has 2 heteroatoms. The lowest BCUT2D eigenvalue weighted by molar-refractivity contribution is 0.642. The highest BCUT2D eigenvalue weighted by atomic mass is 15.1. The minimum absolute atomic E-state index is 0.289. The molecule has 2 N–H and O–H groups in total. The van der Waals surface area contributed by atoms with Gasteiger partial charge in [0.1, 0.15) is 0 Å².